The van der Waals surface area contributed by atoms with Crippen molar-refractivity contribution in [3.63, 3.8) is 0 Å². The lowest BCUT2D eigenvalue weighted by molar-refractivity contribution is -0.118. The maximum atomic E-state index is 12.9. The summed E-state index contributed by atoms with van der Waals surface area (Å²) >= 11 is 3.04. The van der Waals surface area contributed by atoms with E-state index in [1.165, 1.54) is 12.1 Å². The Bertz CT molecular complexity index is 450. The summed E-state index contributed by atoms with van der Waals surface area (Å²) in [5, 5.41) is 11.1. The number of nitrogens with one attached hydrogen (secondary N) is 1. The van der Waals surface area contributed by atoms with Crippen molar-refractivity contribution in [1.82, 2.24) is 5.32 Å². The zero-order valence-corrected chi connectivity index (χ0v) is 12.0. The highest BCUT2D eigenvalue weighted by Gasteiger charge is 2.29. The monoisotopic (exact) mass is 331 g/mol. The van der Waals surface area contributed by atoms with Crippen molar-refractivity contribution in [1.29, 1.82) is 0 Å². The standard InChI is InChI=1S/C13H15BrFNO3/c1-2-10(8-3-5-9(15)6-4-8)12(11(17)7-14)16-13(18)19/h3-6,10,12,16H,2,7H2,1H3,(H,18,19). The highest BCUT2D eigenvalue weighted by Crippen LogP contribution is 2.24. The third-order valence-corrected chi connectivity index (χ3v) is 3.45. The fourth-order valence-corrected chi connectivity index (χ4v) is 2.34. The van der Waals surface area contributed by atoms with Crippen molar-refractivity contribution in [3.8, 4) is 0 Å². The van der Waals surface area contributed by atoms with Crippen LogP contribution < -0.4 is 5.32 Å². The minimum absolute atomic E-state index is 0.0651. The van der Waals surface area contributed by atoms with Crippen LogP contribution in [0.3, 0.4) is 0 Å². The first kappa shape index (κ1) is 15.6. The van der Waals surface area contributed by atoms with Crippen LogP contribution in [0.25, 0.3) is 0 Å². The van der Waals surface area contributed by atoms with Gasteiger partial charge in [-0.15, -0.1) is 0 Å². The van der Waals surface area contributed by atoms with Gasteiger partial charge >= 0.3 is 6.09 Å². The summed E-state index contributed by atoms with van der Waals surface area (Å²) in [7, 11) is 0. The molecule has 1 aromatic carbocycles. The second-order valence-electron chi connectivity index (χ2n) is 4.09. The SMILES string of the molecule is CCC(c1ccc(F)cc1)C(NC(=O)O)C(=O)CBr. The number of hydrogen-bond donors (Lipinski definition) is 2. The molecule has 0 saturated heterocycles. The summed E-state index contributed by atoms with van der Waals surface area (Å²) in [5.41, 5.74) is 0.733. The van der Waals surface area contributed by atoms with Crippen LogP contribution in [0.1, 0.15) is 24.8 Å². The molecular weight excluding hydrogens is 317 g/mol. The molecule has 4 nitrogen and oxygen atoms in total. The minimum atomic E-state index is -1.25. The Morgan fingerprint density at radius 1 is 1.37 bits per heavy atom. The number of rotatable bonds is 6. The predicted molar refractivity (Wildman–Crippen MR) is 73.2 cm³/mol. The van der Waals surface area contributed by atoms with Crippen molar-refractivity contribution < 1.29 is 19.1 Å². The zero-order chi connectivity index (χ0) is 14.4. The summed E-state index contributed by atoms with van der Waals surface area (Å²) in [6, 6.07) is 4.90. The lowest BCUT2D eigenvalue weighted by Crippen LogP contribution is -2.44. The van der Waals surface area contributed by atoms with Gasteiger partial charge in [-0.2, -0.15) is 0 Å². The van der Waals surface area contributed by atoms with Crippen LogP contribution in [0.5, 0.6) is 0 Å². The summed E-state index contributed by atoms with van der Waals surface area (Å²) in [5.74, 6) is -0.937. The number of alkyl halides is 1. The minimum Gasteiger partial charge on any atom is -0.465 e. The van der Waals surface area contributed by atoms with Gasteiger partial charge < -0.3 is 10.4 Å². The predicted octanol–water partition coefficient (Wildman–Crippen LogP) is 2.92. The number of Topliss-reactive ketones (excluding diaryl/α,β-unsaturated/α-hetero) is 1. The molecule has 1 rings (SSSR count). The average Bonchev–Trinajstić information content (AvgIpc) is 2.39. The van der Waals surface area contributed by atoms with Gasteiger partial charge in [0.1, 0.15) is 5.82 Å². The second-order valence-corrected chi connectivity index (χ2v) is 4.65. The third kappa shape index (κ3) is 4.31. The van der Waals surface area contributed by atoms with E-state index in [0.717, 1.165) is 5.56 Å². The van der Waals surface area contributed by atoms with Crippen LogP contribution in [-0.4, -0.2) is 28.4 Å². The van der Waals surface area contributed by atoms with Crippen LogP contribution in [0.4, 0.5) is 9.18 Å². The van der Waals surface area contributed by atoms with Crippen LogP contribution in [0, 0.1) is 5.82 Å². The maximum Gasteiger partial charge on any atom is 0.405 e. The first-order valence-electron chi connectivity index (χ1n) is 5.83. The fourth-order valence-electron chi connectivity index (χ4n) is 2.00. The lowest BCUT2D eigenvalue weighted by Gasteiger charge is -2.25. The molecule has 0 aliphatic carbocycles. The number of hydrogen-bond acceptors (Lipinski definition) is 2. The van der Waals surface area contributed by atoms with Gasteiger partial charge in [-0.25, -0.2) is 9.18 Å². The van der Waals surface area contributed by atoms with Crippen LogP contribution in [0.2, 0.25) is 0 Å². The quantitative estimate of drug-likeness (QED) is 0.787. The van der Waals surface area contributed by atoms with Gasteiger partial charge in [-0.05, 0) is 24.1 Å². The van der Waals surface area contributed by atoms with E-state index in [1.54, 1.807) is 12.1 Å². The number of amides is 1. The molecule has 0 bridgehead atoms. The molecule has 2 atom stereocenters. The van der Waals surface area contributed by atoms with E-state index in [0.29, 0.717) is 6.42 Å². The van der Waals surface area contributed by atoms with Gasteiger partial charge in [0.2, 0.25) is 0 Å². The number of carbonyl (C=O) groups is 2. The van der Waals surface area contributed by atoms with Gasteiger partial charge in [0, 0.05) is 5.92 Å². The van der Waals surface area contributed by atoms with Crippen LogP contribution in [0.15, 0.2) is 24.3 Å². The molecule has 6 heteroatoms. The fraction of sp³-hybridized carbons (Fsp3) is 0.385. The van der Waals surface area contributed by atoms with Gasteiger partial charge in [-0.3, -0.25) is 4.79 Å². The molecule has 0 saturated carbocycles. The number of carboxylic acid groups (broad SMARTS) is 1. The third-order valence-electron chi connectivity index (χ3n) is 2.90. The van der Waals surface area contributed by atoms with E-state index in [4.69, 9.17) is 5.11 Å². The Morgan fingerprint density at radius 3 is 2.37 bits per heavy atom. The topological polar surface area (TPSA) is 66.4 Å². The molecule has 19 heavy (non-hydrogen) atoms. The van der Waals surface area contributed by atoms with Gasteiger partial charge in [0.05, 0.1) is 11.4 Å². The molecule has 0 aliphatic rings. The van der Waals surface area contributed by atoms with Crippen molar-refractivity contribution >= 4 is 27.8 Å². The molecule has 1 amide bonds. The van der Waals surface area contributed by atoms with Gasteiger partial charge in [0.15, 0.2) is 5.78 Å². The normalized spacial score (nSPS) is 13.6. The van der Waals surface area contributed by atoms with E-state index < -0.39 is 12.1 Å². The molecule has 0 spiro atoms. The molecule has 104 valence electrons. The summed E-state index contributed by atoms with van der Waals surface area (Å²) in [4.78, 5) is 22.6. The summed E-state index contributed by atoms with van der Waals surface area (Å²) in [6.07, 6.45) is -0.685. The Kier molecular flexibility index (Phi) is 5.95. The Hall–Kier alpha value is -1.43. The van der Waals surface area contributed by atoms with E-state index >= 15 is 0 Å². The van der Waals surface area contributed by atoms with Crippen molar-refractivity contribution in [2.24, 2.45) is 0 Å². The van der Waals surface area contributed by atoms with Gasteiger partial charge in [0.25, 0.3) is 0 Å². The first-order chi connectivity index (χ1) is 8.99. The first-order valence-corrected chi connectivity index (χ1v) is 6.95. The lowest BCUT2D eigenvalue weighted by atomic mass is 9.87. The number of halogens is 2. The van der Waals surface area contributed by atoms with Crippen molar-refractivity contribution in [3.05, 3.63) is 35.6 Å². The smallest absolute Gasteiger partial charge is 0.405 e. The van der Waals surface area contributed by atoms with Crippen LogP contribution in [-0.2, 0) is 4.79 Å². The highest BCUT2D eigenvalue weighted by molar-refractivity contribution is 9.09. The number of carbonyl (C=O) groups excluding carboxylic acids is 1. The van der Waals surface area contributed by atoms with Crippen molar-refractivity contribution in [2.45, 2.75) is 25.3 Å². The highest BCUT2D eigenvalue weighted by atomic mass is 79.9. The van der Waals surface area contributed by atoms with Crippen molar-refractivity contribution in [2.75, 3.05) is 5.33 Å². The summed E-state index contributed by atoms with van der Waals surface area (Å²) < 4.78 is 12.9. The Morgan fingerprint density at radius 2 is 1.95 bits per heavy atom. The zero-order valence-electron chi connectivity index (χ0n) is 10.4. The largest absolute Gasteiger partial charge is 0.465 e. The molecule has 2 unspecified atom stereocenters. The molecule has 2 N–H and O–H groups in total. The molecule has 0 radical (unpaired) electrons. The number of benzene rings is 1. The Labute approximate surface area is 119 Å². The van der Waals surface area contributed by atoms with E-state index in [9.17, 15) is 14.0 Å². The second kappa shape index (κ2) is 7.23. The Balaban J connectivity index is 3.04. The van der Waals surface area contributed by atoms with Gasteiger partial charge in [-0.1, -0.05) is 35.0 Å². The molecule has 0 heterocycles. The molecule has 0 fully saturated rings. The molecular formula is C13H15BrFNO3. The van der Waals surface area contributed by atoms with E-state index in [-0.39, 0.29) is 22.8 Å². The number of ketones is 1. The molecule has 0 aromatic heterocycles. The molecule has 1 aromatic rings. The average molecular weight is 332 g/mol. The summed E-state index contributed by atoms with van der Waals surface area (Å²) in [6.45, 7) is 1.85. The maximum absolute atomic E-state index is 12.9. The van der Waals surface area contributed by atoms with E-state index in [2.05, 4.69) is 21.2 Å². The van der Waals surface area contributed by atoms with Crippen LogP contribution >= 0.6 is 15.9 Å². The van der Waals surface area contributed by atoms with E-state index in [1.807, 2.05) is 6.92 Å². The molecule has 0 aliphatic heterocycles.